The minimum atomic E-state index is -0.493. The van der Waals surface area contributed by atoms with Crippen LogP contribution in [0.3, 0.4) is 0 Å². The lowest BCUT2D eigenvalue weighted by molar-refractivity contribution is -0.119. The number of nitrogens with one attached hydrogen (secondary N) is 1. The lowest BCUT2D eigenvalue weighted by Gasteiger charge is -2.07. The zero-order valence-corrected chi connectivity index (χ0v) is 10.3. The summed E-state index contributed by atoms with van der Waals surface area (Å²) in [4.78, 5) is 14.7. The van der Waals surface area contributed by atoms with Crippen LogP contribution in [0.15, 0.2) is 18.3 Å². The summed E-state index contributed by atoms with van der Waals surface area (Å²) in [5.41, 5.74) is 5.91. The zero-order chi connectivity index (χ0) is 12.7. The third kappa shape index (κ3) is 5.87. The summed E-state index contributed by atoms with van der Waals surface area (Å²) in [6.07, 6.45) is 1.59. The molecular weight excluding hydrogens is 218 g/mol. The number of rotatable bonds is 7. The number of pyridine rings is 1. The quantitative estimate of drug-likeness (QED) is 0.731. The van der Waals surface area contributed by atoms with Gasteiger partial charge in [-0.15, -0.1) is 0 Å². The van der Waals surface area contributed by atoms with Crippen LogP contribution in [-0.2, 0) is 11.3 Å². The average molecular weight is 237 g/mol. The molecule has 0 atom stereocenters. The second-order valence-corrected chi connectivity index (χ2v) is 4.26. The van der Waals surface area contributed by atoms with E-state index in [1.54, 1.807) is 12.3 Å². The van der Waals surface area contributed by atoms with Crippen LogP contribution < -0.4 is 15.8 Å². The van der Waals surface area contributed by atoms with Crippen molar-refractivity contribution >= 4 is 5.91 Å². The maximum Gasteiger partial charge on any atom is 0.255 e. The topological polar surface area (TPSA) is 77.2 Å². The van der Waals surface area contributed by atoms with Gasteiger partial charge < -0.3 is 15.8 Å². The molecule has 1 aromatic rings. The van der Waals surface area contributed by atoms with E-state index >= 15 is 0 Å². The van der Waals surface area contributed by atoms with Crippen LogP contribution in [0, 0.1) is 5.92 Å². The number of nitrogens with zero attached hydrogens (tertiary/aromatic N) is 1. The highest BCUT2D eigenvalue weighted by atomic mass is 16.5. The minimum Gasteiger partial charge on any atom is -0.482 e. The molecule has 94 valence electrons. The molecule has 1 amide bonds. The molecule has 0 aromatic carbocycles. The number of amides is 1. The molecule has 3 N–H and O–H groups in total. The van der Waals surface area contributed by atoms with Gasteiger partial charge in [-0.2, -0.15) is 0 Å². The first-order valence-corrected chi connectivity index (χ1v) is 5.64. The molecule has 17 heavy (non-hydrogen) atoms. The molecular formula is C12H19N3O2. The van der Waals surface area contributed by atoms with Gasteiger partial charge in [-0.25, -0.2) is 0 Å². The van der Waals surface area contributed by atoms with E-state index in [4.69, 9.17) is 10.5 Å². The van der Waals surface area contributed by atoms with Gasteiger partial charge in [0.1, 0.15) is 5.75 Å². The Kier molecular flexibility index (Phi) is 5.42. The molecule has 0 aliphatic heterocycles. The van der Waals surface area contributed by atoms with Crippen molar-refractivity contribution < 1.29 is 9.53 Å². The number of primary amides is 1. The first-order valence-electron chi connectivity index (χ1n) is 5.64. The highest BCUT2D eigenvalue weighted by Gasteiger charge is 1.99. The van der Waals surface area contributed by atoms with Crippen LogP contribution in [0.5, 0.6) is 5.75 Å². The van der Waals surface area contributed by atoms with Crippen LogP contribution in [0.2, 0.25) is 0 Å². The van der Waals surface area contributed by atoms with Crippen molar-refractivity contribution in [2.45, 2.75) is 20.4 Å². The largest absolute Gasteiger partial charge is 0.482 e. The van der Waals surface area contributed by atoms with Crippen molar-refractivity contribution in [1.29, 1.82) is 0 Å². The Morgan fingerprint density at radius 2 is 2.29 bits per heavy atom. The molecule has 0 radical (unpaired) electrons. The van der Waals surface area contributed by atoms with E-state index in [0.29, 0.717) is 11.7 Å². The fourth-order valence-corrected chi connectivity index (χ4v) is 1.24. The predicted molar refractivity (Wildman–Crippen MR) is 65.5 cm³/mol. The van der Waals surface area contributed by atoms with Gasteiger partial charge in [0.15, 0.2) is 6.61 Å². The van der Waals surface area contributed by atoms with E-state index in [1.807, 2.05) is 6.07 Å². The number of carbonyl (C=O) groups is 1. The fourth-order valence-electron chi connectivity index (χ4n) is 1.24. The fraction of sp³-hybridized carbons (Fsp3) is 0.500. The van der Waals surface area contributed by atoms with E-state index in [2.05, 4.69) is 24.1 Å². The standard InChI is InChI=1S/C12H19N3O2/c1-9(2)5-14-6-10-3-4-11(7-15-10)17-8-12(13)16/h3-4,7,9,14H,5-6,8H2,1-2H3,(H2,13,16). The summed E-state index contributed by atoms with van der Waals surface area (Å²) in [5.74, 6) is 0.678. The van der Waals surface area contributed by atoms with Gasteiger partial charge in [0.2, 0.25) is 0 Å². The van der Waals surface area contributed by atoms with E-state index in [-0.39, 0.29) is 6.61 Å². The van der Waals surface area contributed by atoms with E-state index in [0.717, 1.165) is 18.8 Å². The summed E-state index contributed by atoms with van der Waals surface area (Å²) >= 11 is 0. The first kappa shape index (κ1) is 13.4. The van der Waals surface area contributed by atoms with Crippen molar-refractivity contribution in [1.82, 2.24) is 10.3 Å². The lowest BCUT2D eigenvalue weighted by Crippen LogP contribution is -2.20. The summed E-state index contributed by atoms with van der Waals surface area (Å²) in [6, 6.07) is 3.64. The number of aromatic nitrogens is 1. The lowest BCUT2D eigenvalue weighted by atomic mass is 10.2. The monoisotopic (exact) mass is 237 g/mol. The minimum absolute atomic E-state index is 0.118. The van der Waals surface area contributed by atoms with E-state index < -0.39 is 5.91 Å². The molecule has 5 nitrogen and oxygen atoms in total. The molecule has 0 aliphatic carbocycles. The number of nitrogens with two attached hydrogens (primary N) is 1. The summed E-state index contributed by atoms with van der Waals surface area (Å²) in [7, 11) is 0. The van der Waals surface area contributed by atoms with E-state index in [1.165, 1.54) is 0 Å². The van der Waals surface area contributed by atoms with Crippen LogP contribution in [0.1, 0.15) is 19.5 Å². The van der Waals surface area contributed by atoms with Gasteiger partial charge in [0.25, 0.3) is 5.91 Å². The Morgan fingerprint density at radius 3 is 2.82 bits per heavy atom. The number of ether oxygens (including phenoxy) is 1. The number of hydrogen-bond donors (Lipinski definition) is 2. The van der Waals surface area contributed by atoms with Gasteiger partial charge in [0, 0.05) is 6.54 Å². The van der Waals surface area contributed by atoms with Gasteiger partial charge in [0.05, 0.1) is 11.9 Å². The highest BCUT2D eigenvalue weighted by Crippen LogP contribution is 2.08. The van der Waals surface area contributed by atoms with Crippen molar-refractivity contribution in [2.24, 2.45) is 11.7 Å². The number of carbonyl (C=O) groups excluding carboxylic acids is 1. The summed E-state index contributed by atoms with van der Waals surface area (Å²) < 4.78 is 5.11. The Labute approximate surface area is 101 Å². The summed E-state index contributed by atoms with van der Waals surface area (Å²) in [5, 5.41) is 3.29. The maximum atomic E-state index is 10.5. The maximum absolute atomic E-state index is 10.5. The molecule has 1 heterocycles. The van der Waals surface area contributed by atoms with Crippen LogP contribution in [-0.4, -0.2) is 24.0 Å². The highest BCUT2D eigenvalue weighted by molar-refractivity contribution is 5.75. The Bertz CT molecular complexity index is 349. The molecule has 0 saturated heterocycles. The SMILES string of the molecule is CC(C)CNCc1ccc(OCC(N)=O)cn1. The average Bonchev–Trinajstić information content (AvgIpc) is 2.27. The molecule has 1 rings (SSSR count). The van der Waals surface area contributed by atoms with E-state index in [9.17, 15) is 4.79 Å². The molecule has 0 aliphatic rings. The Morgan fingerprint density at radius 1 is 1.53 bits per heavy atom. The predicted octanol–water partition coefficient (Wildman–Crippen LogP) is 0.691. The summed E-state index contributed by atoms with van der Waals surface area (Å²) in [6.45, 7) is 5.88. The van der Waals surface area contributed by atoms with Crippen molar-refractivity contribution in [3.63, 3.8) is 0 Å². The third-order valence-electron chi connectivity index (χ3n) is 2.04. The van der Waals surface area contributed by atoms with Gasteiger partial charge >= 0.3 is 0 Å². The third-order valence-corrected chi connectivity index (χ3v) is 2.04. The molecule has 0 unspecified atom stereocenters. The molecule has 0 fully saturated rings. The van der Waals surface area contributed by atoms with Gasteiger partial charge in [-0.1, -0.05) is 13.8 Å². The van der Waals surface area contributed by atoms with Crippen LogP contribution in [0.4, 0.5) is 0 Å². The van der Waals surface area contributed by atoms with Gasteiger partial charge in [-0.3, -0.25) is 9.78 Å². The molecule has 5 heteroatoms. The van der Waals surface area contributed by atoms with Gasteiger partial charge in [-0.05, 0) is 24.6 Å². The first-order chi connectivity index (χ1) is 8.08. The van der Waals surface area contributed by atoms with Crippen LogP contribution in [0.25, 0.3) is 0 Å². The molecule has 0 spiro atoms. The molecule has 1 aromatic heterocycles. The molecule has 0 bridgehead atoms. The Hall–Kier alpha value is -1.62. The van der Waals surface area contributed by atoms with Crippen molar-refractivity contribution in [3.8, 4) is 5.75 Å². The molecule has 0 saturated carbocycles. The smallest absolute Gasteiger partial charge is 0.255 e. The number of hydrogen-bond acceptors (Lipinski definition) is 4. The second-order valence-electron chi connectivity index (χ2n) is 4.26. The van der Waals surface area contributed by atoms with Crippen LogP contribution >= 0.6 is 0 Å². The second kappa shape index (κ2) is 6.85. The van der Waals surface area contributed by atoms with Crippen molar-refractivity contribution in [3.05, 3.63) is 24.0 Å². The normalized spacial score (nSPS) is 10.5. The Balaban J connectivity index is 2.36. The van der Waals surface area contributed by atoms with Crippen molar-refractivity contribution in [2.75, 3.05) is 13.2 Å². The zero-order valence-electron chi connectivity index (χ0n) is 10.3.